The fourth-order valence-electron chi connectivity index (χ4n) is 2.78. The first-order chi connectivity index (χ1) is 15.1. The fourth-order valence-corrected chi connectivity index (χ4v) is 3.69. The highest BCUT2D eigenvalue weighted by Gasteiger charge is 2.13. The maximum absolute atomic E-state index is 12.2. The van der Waals surface area contributed by atoms with Crippen LogP contribution in [0.25, 0.3) is 0 Å². The van der Waals surface area contributed by atoms with Gasteiger partial charge in [-0.05, 0) is 48.9 Å². The molecule has 0 bridgehead atoms. The topological polar surface area (TPSA) is 92.8 Å². The molecule has 0 aliphatic rings. The molecule has 0 saturated carbocycles. The van der Waals surface area contributed by atoms with Crippen LogP contribution in [0.15, 0.2) is 66.3 Å². The van der Waals surface area contributed by atoms with E-state index in [1.807, 2.05) is 35.8 Å². The van der Waals surface area contributed by atoms with E-state index in [2.05, 4.69) is 28.2 Å². The van der Waals surface area contributed by atoms with Gasteiger partial charge in [-0.3, -0.25) is 9.36 Å². The second kappa shape index (κ2) is 11.0. The quantitative estimate of drug-likeness (QED) is 0.378. The normalized spacial score (nSPS) is 10.3. The van der Waals surface area contributed by atoms with Gasteiger partial charge in [0.2, 0.25) is 5.91 Å². The molecule has 8 heteroatoms. The minimum atomic E-state index is -0.102. The van der Waals surface area contributed by atoms with Crippen LogP contribution in [0.3, 0.4) is 0 Å². The summed E-state index contributed by atoms with van der Waals surface area (Å²) in [7, 11) is 0. The number of aryl methyl sites for hydroxylation is 1. The molecule has 0 atom stereocenters. The van der Waals surface area contributed by atoms with Crippen molar-refractivity contribution in [3.05, 3.63) is 78.1 Å². The zero-order valence-corrected chi connectivity index (χ0v) is 18.1. The van der Waals surface area contributed by atoms with Crippen molar-refractivity contribution in [2.75, 3.05) is 11.1 Å². The summed E-state index contributed by atoms with van der Waals surface area (Å²) in [6.07, 6.45) is 2.10. The first-order valence-electron chi connectivity index (χ1n) is 9.74. The van der Waals surface area contributed by atoms with Crippen molar-refractivity contribution >= 4 is 23.4 Å². The van der Waals surface area contributed by atoms with Gasteiger partial charge in [0.15, 0.2) is 11.0 Å². The lowest BCUT2D eigenvalue weighted by Gasteiger charge is -2.09. The number of aromatic nitrogens is 3. The first-order valence-corrected chi connectivity index (χ1v) is 10.7. The Bertz CT molecular complexity index is 1090. The Hall–Kier alpha value is -3.57. The van der Waals surface area contributed by atoms with Gasteiger partial charge >= 0.3 is 0 Å². The highest BCUT2D eigenvalue weighted by molar-refractivity contribution is 7.99. The van der Waals surface area contributed by atoms with Crippen LogP contribution in [0.4, 0.5) is 5.69 Å². The molecule has 1 aromatic heterocycles. The molecule has 0 aliphatic carbocycles. The summed E-state index contributed by atoms with van der Waals surface area (Å²) in [5.41, 5.74) is 2.34. The fraction of sp³-hybridized carbons (Fsp3) is 0.217. The number of nitrogens with one attached hydrogen (secondary N) is 1. The number of benzene rings is 2. The lowest BCUT2D eigenvalue weighted by Crippen LogP contribution is -2.12. The largest absolute Gasteiger partial charge is 0.486 e. The van der Waals surface area contributed by atoms with E-state index in [1.165, 1.54) is 11.8 Å². The highest BCUT2D eigenvalue weighted by Crippen LogP contribution is 2.20. The number of amides is 1. The van der Waals surface area contributed by atoms with Crippen LogP contribution in [0.1, 0.15) is 23.4 Å². The van der Waals surface area contributed by atoms with Crippen molar-refractivity contribution in [1.82, 2.24) is 14.8 Å². The molecule has 0 saturated heterocycles. The molecule has 1 heterocycles. The van der Waals surface area contributed by atoms with Crippen molar-refractivity contribution in [2.45, 2.75) is 31.7 Å². The number of allylic oxidation sites excluding steroid dienone is 1. The van der Waals surface area contributed by atoms with E-state index in [9.17, 15) is 4.79 Å². The van der Waals surface area contributed by atoms with Crippen LogP contribution in [0.2, 0.25) is 0 Å². The molecule has 158 valence electrons. The van der Waals surface area contributed by atoms with E-state index in [1.54, 1.807) is 30.3 Å². The highest BCUT2D eigenvalue weighted by atomic mass is 32.2. The number of hydrogen-bond acceptors (Lipinski definition) is 6. The van der Waals surface area contributed by atoms with Gasteiger partial charge in [-0.25, -0.2) is 0 Å². The minimum absolute atomic E-state index is 0.102. The van der Waals surface area contributed by atoms with Gasteiger partial charge in [-0.15, -0.1) is 16.8 Å². The summed E-state index contributed by atoms with van der Waals surface area (Å²) in [5.74, 6) is 1.93. The van der Waals surface area contributed by atoms with Gasteiger partial charge in [0, 0.05) is 24.4 Å². The monoisotopic (exact) mass is 433 g/mol. The summed E-state index contributed by atoms with van der Waals surface area (Å²) in [6, 6.07) is 16.7. The number of anilines is 1. The molecule has 1 amide bonds. The molecule has 31 heavy (non-hydrogen) atoms. The van der Waals surface area contributed by atoms with Gasteiger partial charge in [0.1, 0.15) is 12.4 Å². The second-order valence-corrected chi connectivity index (χ2v) is 7.80. The predicted molar refractivity (Wildman–Crippen MR) is 121 cm³/mol. The molecule has 3 aromatic rings. The molecule has 1 N–H and O–H groups in total. The number of nitriles is 1. The summed E-state index contributed by atoms with van der Waals surface area (Å²) >= 11 is 1.46. The van der Waals surface area contributed by atoms with Crippen LogP contribution in [-0.2, 0) is 17.9 Å². The molecule has 0 spiro atoms. The maximum atomic E-state index is 12.2. The third-order valence-electron chi connectivity index (χ3n) is 4.32. The van der Waals surface area contributed by atoms with E-state index >= 15 is 0 Å². The van der Waals surface area contributed by atoms with Gasteiger partial charge in [0.05, 0.1) is 11.6 Å². The summed E-state index contributed by atoms with van der Waals surface area (Å²) in [4.78, 5) is 12.2. The Labute approximate surface area is 185 Å². The van der Waals surface area contributed by atoms with Crippen LogP contribution in [-0.4, -0.2) is 26.4 Å². The van der Waals surface area contributed by atoms with Gasteiger partial charge in [-0.2, -0.15) is 5.26 Å². The molecule has 7 nitrogen and oxygen atoms in total. The van der Waals surface area contributed by atoms with Crippen LogP contribution in [0.5, 0.6) is 5.75 Å². The number of thioether (sulfide) groups is 1. The van der Waals surface area contributed by atoms with Crippen molar-refractivity contribution in [3.8, 4) is 11.8 Å². The lowest BCUT2D eigenvalue weighted by molar-refractivity contribution is -0.115. The predicted octanol–water partition coefficient (Wildman–Crippen LogP) is 4.34. The Balaban J connectivity index is 1.53. The Kier molecular flexibility index (Phi) is 7.85. The maximum Gasteiger partial charge on any atom is 0.225 e. The average Bonchev–Trinajstić information content (AvgIpc) is 3.15. The summed E-state index contributed by atoms with van der Waals surface area (Å²) < 4.78 is 7.78. The van der Waals surface area contributed by atoms with Crippen LogP contribution in [0, 0.1) is 18.3 Å². The summed E-state index contributed by atoms with van der Waals surface area (Å²) in [5, 5.41) is 20.9. The molecule has 2 aromatic carbocycles. The molecule has 0 unspecified atom stereocenters. The lowest BCUT2D eigenvalue weighted by atomic mass is 10.2. The van der Waals surface area contributed by atoms with Gasteiger partial charge < -0.3 is 10.1 Å². The Morgan fingerprint density at radius 1 is 1.29 bits per heavy atom. The van der Waals surface area contributed by atoms with Crippen molar-refractivity contribution in [3.63, 3.8) is 0 Å². The Morgan fingerprint density at radius 3 is 2.81 bits per heavy atom. The van der Waals surface area contributed by atoms with E-state index in [4.69, 9.17) is 10.00 Å². The average molecular weight is 434 g/mol. The second-order valence-electron chi connectivity index (χ2n) is 6.74. The number of hydrogen-bond donors (Lipinski definition) is 1. The summed E-state index contributed by atoms with van der Waals surface area (Å²) in [6.45, 7) is 6.67. The van der Waals surface area contributed by atoms with Crippen molar-refractivity contribution in [1.29, 1.82) is 5.26 Å². The number of ether oxygens (including phenoxy) is 1. The molecule has 0 radical (unpaired) electrons. The van der Waals surface area contributed by atoms with Gasteiger partial charge in [0.25, 0.3) is 0 Å². The third kappa shape index (κ3) is 6.46. The SMILES string of the molecule is C=CCn1c(COc2cccc(C)c2)nnc1SCCC(=O)Nc1ccc(C#N)cc1. The first kappa shape index (κ1) is 22.1. The third-order valence-corrected chi connectivity index (χ3v) is 5.29. The van der Waals surface area contributed by atoms with Crippen molar-refractivity contribution in [2.24, 2.45) is 0 Å². The molecule has 0 fully saturated rings. The zero-order chi connectivity index (χ0) is 22.1. The molecule has 0 aliphatic heterocycles. The van der Waals surface area contributed by atoms with Crippen molar-refractivity contribution < 1.29 is 9.53 Å². The van der Waals surface area contributed by atoms with Crippen LogP contribution < -0.4 is 10.1 Å². The standard InChI is InChI=1S/C23H23N5O2S/c1-3-12-28-21(16-30-20-6-4-5-17(2)14-20)26-27-23(28)31-13-11-22(29)25-19-9-7-18(15-24)8-10-19/h3-10,14H,1,11-13,16H2,2H3,(H,25,29). The number of carbonyl (C=O) groups excluding carboxylic acids is 1. The molecular formula is C23H23N5O2S. The van der Waals surface area contributed by atoms with Crippen LogP contribution >= 0.6 is 11.8 Å². The number of carbonyl (C=O) groups is 1. The van der Waals surface area contributed by atoms with Gasteiger partial charge in [-0.1, -0.05) is 30.0 Å². The van der Waals surface area contributed by atoms with E-state index in [0.717, 1.165) is 11.3 Å². The molecular weight excluding hydrogens is 410 g/mol. The van der Waals surface area contributed by atoms with E-state index < -0.39 is 0 Å². The molecule has 3 rings (SSSR count). The smallest absolute Gasteiger partial charge is 0.225 e. The van der Waals surface area contributed by atoms with E-state index in [-0.39, 0.29) is 5.91 Å². The number of rotatable bonds is 10. The Morgan fingerprint density at radius 2 is 2.10 bits per heavy atom. The zero-order valence-electron chi connectivity index (χ0n) is 17.2. The number of nitrogens with zero attached hydrogens (tertiary/aromatic N) is 4. The minimum Gasteiger partial charge on any atom is -0.486 e. The van der Waals surface area contributed by atoms with E-state index in [0.29, 0.717) is 47.6 Å².